The Kier molecular flexibility index (Phi) is 3.62. The van der Waals surface area contributed by atoms with Gasteiger partial charge in [0.25, 0.3) is 5.91 Å². The minimum atomic E-state index is -0.707. The Hall–Kier alpha value is -1.24. The molecule has 2 fully saturated rings. The number of hydrogen-bond donors (Lipinski definition) is 0. The maximum Gasteiger partial charge on any atom is 0.257 e. The molecule has 3 rings (SSSR count). The minimum Gasteiger partial charge on any atom is -0.346 e. The maximum atomic E-state index is 13.2. The van der Waals surface area contributed by atoms with Crippen LogP contribution in [0.1, 0.15) is 23.2 Å². The molecule has 1 spiro atoms. The number of carbonyl (C=O) groups excluding carboxylic acids is 1. The largest absolute Gasteiger partial charge is 0.346 e. The van der Waals surface area contributed by atoms with E-state index in [-0.39, 0.29) is 16.6 Å². The van der Waals surface area contributed by atoms with E-state index in [0.717, 1.165) is 25.1 Å². The number of aromatic nitrogens is 1. The van der Waals surface area contributed by atoms with Crippen molar-refractivity contribution < 1.29 is 18.7 Å². The molecule has 0 atom stereocenters. The van der Waals surface area contributed by atoms with Gasteiger partial charge in [0.1, 0.15) is 11.0 Å². The van der Waals surface area contributed by atoms with Crippen LogP contribution in [0.25, 0.3) is 0 Å². The van der Waals surface area contributed by atoms with Gasteiger partial charge in [-0.05, 0) is 12.5 Å². The molecule has 0 aromatic carbocycles. The summed E-state index contributed by atoms with van der Waals surface area (Å²) in [5.41, 5.74) is 0.0710. The third-order valence-electron chi connectivity index (χ3n) is 3.55. The van der Waals surface area contributed by atoms with Crippen LogP contribution in [0.15, 0.2) is 12.3 Å². The number of piperidine rings is 1. The summed E-state index contributed by atoms with van der Waals surface area (Å²) in [6, 6.07) is 1.11. The summed E-state index contributed by atoms with van der Waals surface area (Å²) < 4.78 is 24.5. The standard InChI is InChI=1S/C13H14ClFN2O3/c14-11-10(6-9(15)7-16-11)12(18)17-3-1-2-13(8-17)19-4-5-20-13/h6-7H,1-5,8H2. The Balaban J connectivity index is 1.81. The highest BCUT2D eigenvalue weighted by Crippen LogP contribution is 2.31. The van der Waals surface area contributed by atoms with Crippen molar-refractivity contribution in [1.82, 2.24) is 9.88 Å². The molecule has 0 radical (unpaired) electrons. The highest BCUT2D eigenvalue weighted by Gasteiger charge is 2.42. The van der Waals surface area contributed by atoms with Crippen LogP contribution in [0.2, 0.25) is 5.15 Å². The summed E-state index contributed by atoms with van der Waals surface area (Å²) >= 11 is 5.87. The molecule has 2 aliphatic rings. The Morgan fingerprint density at radius 1 is 1.45 bits per heavy atom. The molecular weight excluding hydrogens is 287 g/mol. The van der Waals surface area contributed by atoms with E-state index in [4.69, 9.17) is 21.1 Å². The van der Waals surface area contributed by atoms with Gasteiger partial charge in [0, 0.05) is 13.0 Å². The topological polar surface area (TPSA) is 51.7 Å². The van der Waals surface area contributed by atoms with Crippen LogP contribution in [0, 0.1) is 5.82 Å². The number of rotatable bonds is 1. The summed E-state index contributed by atoms with van der Waals surface area (Å²) in [4.78, 5) is 17.7. The lowest BCUT2D eigenvalue weighted by Gasteiger charge is -2.38. The lowest BCUT2D eigenvalue weighted by Crippen LogP contribution is -2.51. The van der Waals surface area contributed by atoms with Crippen LogP contribution in [-0.2, 0) is 9.47 Å². The number of pyridine rings is 1. The fourth-order valence-corrected chi connectivity index (χ4v) is 2.82. The van der Waals surface area contributed by atoms with Gasteiger partial charge >= 0.3 is 0 Å². The van der Waals surface area contributed by atoms with Gasteiger partial charge in [0.2, 0.25) is 0 Å². The van der Waals surface area contributed by atoms with Crippen molar-refractivity contribution in [2.45, 2.75) is 18.6 Å². The molecule has 0 aliphatic carbocycles. The van der Waals surface area contributed by atoms with Gasteiger partial charge in [-0.1, -0.05) is 11.6 Å². The van der Waals surface area contributed by atoms with Gasteiger partial charge in [0.15, 0.2) is 5.79 Å². The third kappa shape index (κ3) is 2.51. The summed E-state index contributed by atoms with van der Waals surface area (Å²) in [7, 11) is 0. The fourth-order valence-electron chi connectivity index (χ4n) is 2.64. The average molecular weight is 301 g/mol. The highest BCUT2D eigenvalue weighted by molar-refractivity contribution is 6.32. The van der Waals surface area contributed by atoms with E-state index in [1.165, 1.54) is 0 Å². The molecule has 0 unspecified atom stereocenters. The second kappa shape index (κ2) is 5.27. The molecule has 1 amide bonds. The quantitative estimate of drug-likeness (QED) is 0.743. The molecule has 0 N–H and O–H groups in total. The molecule has 20 heavy (non-hydrogen) atoms. The SMILES string of the molecule is O=C(c1cc(F)cnc1Cl)N1CCCC2(C1)OCCO2. The third-order valence-corrected chi connectivity index (χ3v) is 3.86. The van der Waals surface area contributed by atoms with Gasteiger partial charge in [-0.2, -0.15) is 0 Å². The van der Waals surface area contributed by atoms with Crippen molar-refractivity contribution in [2.24, 2.45) is 0 Å². The normalized spacial score (nSPS) is 21.4. The van der Waals surface area contributed by atoms with Crippen LogP contribution < -0.4 is 0 Å². The predicted octanol–water partition coefficient (Wildman–Crippen LogP) is 1.85. The molecule has 5 nitrogen and oxygen atoms in total. The molecule has 2 aliphatic heterocycles. The number of carbonyl (C=O) groups is 1. The Bertz CT molecular complexity index is 534. The average Bonchev–Trinajstić information content (AvgIpc) is 2.88. The molecule has 1 aromatic heterocycles. The van der Waals surface area contributed by atoms with E-state index >= 15 is 0 Å². The van der Waals surface area contributed by atoms with Gasteiger partial charge < -0.3 is 14.4 Å². The van der Waals surface area contributed by atoms with Crippen molar-refractivity contribution in [3.8, 4) is 0 Å². The van der Waals surface area contributed by atoms with Gasteiger partial charge in [-0.15, -0.1) is 0 Å². The molecule has 7 heteroatoms. The first-order valence-electron chi connectivity index (χ1n) is 6.48. The van der Waals surface area contributed by atoms with Gasteiger partial charge in [0.05, 0.1) is 31.5 Å². The highest BCUT2D eigenvalue weighted by atomic mass is 35.5. The Morgan fingerprint density at radius 2 is 2.20 bits per heavy atom. The van der Waals surface area contributed by atoms with Crippen LogP contribution in [-0.4, -0.2) is 47.9 Å². The van der Waals surface area contributed by atoms with Gasteiger partial charge in [-0.3, -0.25) is 4.79 Å². The Labute approximate surface area is 120 Å². The lowest BCUT2D eigenvalue weighted by atomic mass is 10.0. The molecular formula is C13H14ClFN2O3. The van der Waals surface area contributed by atoms with E-state index in [9.17, 15) is 9.18 Å². The van der Waals surface area contributed by atoms with Gasteiger partial charge in [-0.25, -0.2) is 9.37 Å². The monoisotopic (exact) mass is 300 g/mol. The predicted molar refractivity (Wildman–Crippen MR) is 69.0 cm³/mol. The fraction of sp³-hybridized carbons (Fsp3) is 0.538. The first-order valence-corrected chi connectivity index (χ1v) is 6.86. The molecule has 108 valence electrons. The van der Waals surface area contributed by atoms with Crippen LogP contribution in [0.5, 0.6) is 0 Å². The van der Waals surface area contributed by atoms with Crippen molar-refractivity contribution in [3.63, 3.8) is 0 Å². The molecule has 0 saturated carbocycles. The van der Waals surface area contributed by atoms with E-state index in [1.807, 2.05) is 0 Å². The number of likely N-dealkylation sites (tertiary alicyclic amines) is 1. The second-order valence-electron chi connectivity index (χ2n) is 4.93. The second-order valence-corrected chi connectivity index (χ2v) is 5.29. The first-order chi connectivity index (χ1) is 9.60. The number of ether oxygens (including phenoxy) is 2. The van der Waals surface area contributed by atoms with E-state index in [0.29, 0.717) is 26.3 Å². The Morgan fingerprint density at radius 3 is 2.95 bits per heavy atom. The number of halogens is 2. The zero-order valence-corrected chi connectivity index (χ0v) is 11.5. The van der Waals surface area contributed by atoms with Crippen molar-refractivity contribution >= 4 is 17.5 Å². The maximum absolute atomic E-state index is 13.2. The van der Waals surface area contributed by atoms with Crippen LogP contribution in [0.3, 0.4) is 0 Å². The summed E-state index contributed by atoms with van der Waals surface area (Å²) in [6.07, 6.45) is 2.51. The van der Waals surface area contributed by atoms with E-state index in [1.54, 1.807) is 4.90 Å². The summed E-state index contributed by atoms with van der Waals surface area (Å²) in [6.45, 7) is 1.97. The smallest absolute Gasteiger partial charge is 0.257 e. The number of amides is 1. The molecule has 1 aromatic rings. The minimum absolute atomic E-state index is 0.00396. The lowest BCUT2D eigenvalue weighted by molar-refractivity contribution is -0.183. The summed E-state index contributed by atoms with van der Waals surface area (Å²) in [5.74, 6) is -1.64. The van der Waals surface area contributed by atoms with E-state index in [2.05, 4.69) is 4.98 Å². The van der Waals surface area contributed by atoms with Crippen molar-refractivity contribution in [1.29, 1.82) is 0 Å². The summed E-state index contributed by atoms with van der Waals surface area (Å²) in [5, 5.41) is 0.00396. The molecule has 0 bridgehead atoms. The molecule has 3 heterocycles. The van der Waals surface area contributed by atoms with Crippen LogP contribution >= 0.6 is 11.6 Å². The molecule has 2 saturated heterocycles. The van der Waals surface area contributed by atoms with Crippen molar-refractivity contribution in [3.05, 3.63) is 28.8 Å². The number of hydrogen-bond acceptors (Lipinski definition) is 4. The van der Waals surface area contributed by atoms with Crippen molar-refractivity contribution in [2.75, 3.05) is 26.3 Å². The zero-order chi connectivity index (χ0) is 14.2. The zero-order valence-electron chi connectivity index (χ0n) is 10.8. The van der Waals surface area contributed by atoms with Crippen LogP contribution in [0.4, 0.5) is 4.39 Å². The first kappa shape index (κ1) is 13.7. The number of nitrogens with zero attached hydrogens (tertiary/aromatic N) is 2. The van der Waals surface area contributed by atoms with E-state index < -0.39 is 11.6 Å².